The molecule has 0 rings (SSSR count). The molecule has 23 heavy (non-hydrogen) atoms. The van der Waals surface area contributed by atoms with Crippen LogP contribution < -0.4 is 10.6 Å². The fourth-order valence-electron chi connectivity index (χ4n) is 1.95. The number of hydrogen-bond donors (Lipinski definition) is 2. The predicted octanol–water partition coefficient (Wildman–Crippen LogP) is 2.27. The molecule has 0 heterocycles. The number of ether oxygens (including phenoxy) is 3. The van der Waals surface area contributed by atoms with Crippen molar-refractivity contribution in [2.24, 2.45) is 10.9 Å². The zero-order valence-electron chi connectivity index (χ0n) is 15.4. The van der Waals surface area contributed by atoms with E-state index < -0.39 is 0 Å². The van der Waals surface area contributed by atoms with Gasteiger partial charge < -0.3 is 24.8 Å². The lowest BCUT2D eigenvalue weighted by Crippen LogP contribution is -2.39. The Morgan fingerprint density at radius 1 is 1.09 bits per heavy atom. The van der Waals surface area contributed by atoms with Gasteiger partial charge in [0.25, 0.3) is 0 Å². The summed E-state index contributed by atoms with van der Waals surface area (Å²) in [4.78, 5) is 4.59. The quantitative estimate of drug-likeness (QED) is 0.197. The Labute approximate surface area is 159 Å². The molecule has 2 N–H and O–H groups in total. The van der Waals surface area contributed by atoms with E-state index in [4.69, 9.17) is 14.2 Å². The normalized spacial score (nSPS) is 12.9. The fourth-order valence-corrected chi connectivity index (χ4v) is 1.95. The standard InChI is InChI=1S/C16H35N3O3.HI/c1-6-17-16(19-10-11-21-13-12-20-5)18-9-8-15(14(3)4)22-7-2;/h14-15H,6-13H2,1-5H3,(H2,17,18,19);1H. The summed E-state index contributed by atoms with van der Waals surface area (Å²) in [6.07, 6.45) is 1.21. The minimum Gasteiger partial charge on any atom is -0.382 e. The van der Waals surface area contributed by atoms with E-state index in [0.29, 0.717) is 25.7 Å². The van der Waals surface area contributed by atoms with Gasteiger partial charge in [-0.05, 0) is 26.2 Å². The molecule has 0 saturated carbocycles. The number of nitrogens with one attached hydrogen (secondary N) is 2. The first-order valence-electron chi connectivity index (χ1n) is 8.36. The van der Waals surface area contributed by atoms with Gasteiger partial charge in [0, 0.05) is 33.4 Å². The van der Waals surface area contributed by atoms with Crippen molar-refractivity contribution >= 4 is 29.9 Å². The molecule has 1 atom stereocenters. The van der Waals surface area contributed by atoms with Crippen LogP contribution in [0.3, 0.4) is 0 Å². The van der Waals surface area contributed by atoms with Crippen LogP contribution in [-0.2, 0) is 14.2 Å². The van der Waals surface area contributed by atoms with Crippen molar-refractivity contribution in [3.8, 4) is 0 Å². The fraction of sp³-hybridized carbons (Fsp3) is 0.938. The molecule has 0 amide bonds. The van der Waals surface area contributed by atoms with Gasteiger partial charge in [-0.15, -0.1) is 24.0 Å². The van der Waals surface area contributed by atoms with Gasteiger partial charge in [0.1, 0.15) is 0 Å². The zero-order chi connectivity index (χ0) is 16.6. The SMILES string of the molecule is CCNC(=NCCC(OCC)C(C)C)NCCOCCOC.I. The highest BCUT2D eigenvalue weighted by atomic mass is 127. The van der Waals surface area contributed by atoms with Crippen LogP contribution in [0.25, 0.3) is 0 Å². The van der Waals surface area contributed by atoms with E-state index in [2.05, 4.69) is 36.4 Å². The van der Waals surface area contributed by atoms with Crippen molar-refractivity contribution in [3.63, 3.8) is 0 Å². The Morgan fingerprint density at radius 3 is 2.39 bits per heavy atom. The van der Waals surface area contributed by atoms with Gasteiger partial charge in [-0.1, -0.05) is 13.8 Å². The second-order valence-corrected chi connectivity index (χ2v) is 5.32. The van der Waals surface area contributed by atoms with Crippen LogP contribution >= 0.6 is 24.0 Å². The Hall–Kier alpha value is -0.120. The summed E-state index contributed by atoms with van der Waals surface area (Å²) in [5.74, 6) is 1.34. The molecule has 0 aromatic carbocycles. The highest BCUT2D eigenvalue weighted by Gasteiger charge is 2.12. The van der Waals surface area contributed by atoms with Crippen molar-refractivity contribution in [1.82, 2.24) is 10.6 Å². The highest BCUT2D eigenvalue weighted by Crippen LogP contribution is 2.10. The number of guanidine groups is 1. The largest absolute Gasteiger partial charge is 0.382 e. The smallest absolute Gasteiger partial charge is 0.191 e. The van der Waals surface area contributed by atoms with Crippen molar-refractivity contribution in [1.29, 1.82) is 0 Å². The number of hydrogen-bond acceptors (Lipinski definition) is 4. The summed E-state index contributed by atoms with van der Waals surface area (Å²) in [6, 6.07) is 0. The average molecular weight is 445 g/mol. The first-order chi connectivity index (χ1) is 10.7. The molecule has 0 aliphatic carbocycles. The van der Waals surface area contributed by atoms with Crippen molar-refractivity contribution in [2.75, 3.05) is 53.2 Å². The number of halogens is 1. The van der Waals surface area contributed by atoms with E-state index in [1.54, 1.807) is 7.11 Å². The summed E-state index contributed by atoms with van der Waals surface area (Å²) >= 11 is 0. The molecule has 0 aliphatic rings. The van der Waals surface area contributed by atoms with Crippen LogP contribution in [0.2, 0.25) is 0 Å². The highest BCUT2D eigenvalue weighted by molar-refractivity contribution is 14.0. The number of nitrogens with zero attached hydrogens (tertiary/aromatic N) is 1. The second kappa shape index (κ2) is 18.2. The molecule has 0 aliphatic heterocycles. The zero-order valence-corrected chi connectivity index (χ0v) is 17.7. The lowest BCUT2D eigenvalue weighted by atomic mass is 10.0. The molecule has 0 saturated heterocycles. The molecule has 7 heteroatoms. The summed E-state index contributed by atoms with van der Waals surface area (Å²) in [7, 11) is 1.67. The molecule has 0 aromatic heterocycles. The molecule has 0 fully saturated rings. The molecule has 140 valence electrons. The molecule has 6 nitrogen and oxygen atoms in total. The van der Waals surface area contributed by atoms with Crippen LogP contribution in [0.1, 0.15) is 34.1 Å². The maximum atomic E-state index is 5.74. The molecule has 0 spiro atoms. The third-order valence-electron chi connectivity index (χ3n) is 3.12. The van der Waals surface area contributed by atoms with E-state index >= 15 is 0 Å². The van der Waals surface area contributed by atoms with Crippen molar-refractivity contribution in [3.05, 3.63) is 0 Å². The topological polar surface area (TPSA) is 64.1 Å². The minimum atomic E-state index is 0. The van der Waals surface area contributed by atoms with E-state index in [-0.39, 0.29) is 30.1 Å². The predicted molar refractivity (Wildman–Crippen MR) is 107 cm³/mol. The molecular formula is C16H36IN3O3. The Balaban J connectivity index is 0. The lowest BCUT2D eigenvalue weighted by molar-refractivity contribution is 0.0266. The summed E-state index contributed by atoms with van der Waals surface area (Å²) < 4.78 is 16.1. The maximum absolute atomic E-state index is 5.74. The number of rotatable bonds is 13. The van der Waals surface area contributed by atoms with Gasteiger partial charge in [0.05, 0.1) is 25.9 Å². The van der Waals surface area contributed by atoms with Gasteiger partial charge >= 0.3 is 0 Å². The van der Waals surface area contributed by atoms with Crippen molar-refractivity contribution < 1.29 is 14.2 Å². The second-order valence-electron chi connectivity index (χ2n) is 5.32. The molecular weight excluding hydrogens is 409 g/mol. The summed E-state index contributed by atoms with van der Waals surface area (Å²) in [6.45, 7) is 13.4. The number of methoxy groups -OCH3 is 1. The van der Waals surface area contributed by atoms with Crippen LogP contribution in [0.4, 0.5) is 0 Å². The molecule has 1 unspecified atom stereocenters. The van der Waals surface area contributed by atoms with E-state index in [9.17, 15) is 0 Å². The average Bonchev–Trinajstić information content (AvgIpc) is 2.49. The van der Waals surface area contributed by atoms with Gasteiger partial charge in [-0.25, -0.2) is 0 Å². The summed E-state index contributed by atoms with van der Waals surface area (Å²) in [5, 5.41) is 6.50. The van der Waals surface area contributed by atoms with Gasteiger partial charge in [-0.3, -0.25) is 4.99 Å². The van der Waals surface area contributed by atoms with Crippen molar-refractivity contribution in [2.45, 2.75) is 40.2 Å². The van der Waals surface area contributed by atoms with E-state index in [1.807, 2.05) is 6.92 Å². The first-order valence-corrected chi connectivity index (χ1v) is 8.36. The molecule has 0 radical (unpaired) electrons. The number of aliphatic imine (C=N–C) groups is 1. The summed E-state index contributed by atoms with van der Waals surface area (Å²) in [5.41, 5.74) is 0. The van der Waals surface area contributed by atoms with E-state index in [0.717, 1.165) is 38.6 Å². The Kier molecular flexibility index (Phi) is 19.9. The van der Waals surface area contributed by atoms with Gasteiger partial charge in [0.15, 0.2) is 5.96 Å². The molecule has 0 bridgehead atoms. The Bertz CT molecular complexity index is 279. The van der Waals surface area contributed by atoms with Crippen LogP contribution in [0.5, 0.6) is 0 Å². The lowest BCUT2D eigenvalue weighted by Gasteiger charge is -2.20. The van der Waals surface area contributed by atoms with Crippen LogP contribution in [0, 0.1) is 5.92 Å². The van der Waals surface area contributed by atoms with E-state index in [1.165, 1.54) is 0 Å². The monoisotopic (exact) mass is 445 g/mol. The van der Waals surface area contributed by atoms with Gasteiger partial charge in [-0.2, -0.15) is 0 Å². The van der Waals surface area contributed by atoms with Gasteiger partial charge in [0.2, 0.25) is 0 Å². The Morgan fingerprint density at radius 2 is 1.83 bits per heavy atom. The maximum Gasteiger partial charge on any atom is 0.191 e. The minimum absolute atomic E-state index is 0. The third-order valence-corrected chi connectivity index (χ3v) is 3.12. The molecule has 0 aromatic rings. The third kappa shape index (κ3) is 15.2. The van der Waals surface area contributed by atoms with Crippen LogP contribution in [-0.4, -0.2) is 65.2 Å². The van der Waals surface area contributed by atoms with Crippen LogP contribution in [0.15, 0.2) is 4.99 Å². The first kappa shape index (κ1) is 25.1.